The third-order valence-corrected chi connectivity index (χ3v) is 7.59. The van der Waals surface area contributed by atoms with Crippen molar-refractivity contribution in [2.24, 2.45) is 0 Å². The van der Waals surface area contributed by atoms with Gasteiger partial charge in [-0.15, -0.1) is 0 Å². The maximum absolute atomic E-state index is 12.7. The van der Waals surface area contributed by atoms with E-state index in [1.165, 1.54) is 0 Å². The van der Waals surface area contributed by atoms with Gasteiger partial charge in [-0.3, -0.25) is 0 Å². The Morgan fingerprint density at radius 1 is 1.21 bits per heavy atom. The number of hydrogen-bond donors (Lipinski definition) is 1. The average molecular weight is 369 g/mol. The fraction of sp³-hybridized carbons (Fsp3) is 0.400. The maximum atomic E-state index is 12.7. The van der Waals surface area contributed by atoms with Gasteiger partial charge >= 0.3 is 0 Å². The van der Waals surface area contributed by atoms with Crippen molar-refractivity contribution >= 4 is 19.9 Å². The van der Waals surface area contributed by atoms with Gasteiger partial charge in [0.25, 0.3) is 0 Å². The molecule has 9 heteroatoms. The van der Waals surface area contributed by atoms with Gasteiger partial charge in [-0.25, -0.2) is 26.2 Å². The first-order valence-corrected chi connectivity index (χ1v) is 10.8. The summed E-state index contributed by atoms with van der Waals surface area (Å²) >= 11 is 0. The Morgan fingerprint density at radius 3 is 2.46 bits per heavy atom. The van der Waals surface area contributed by atoms with E-state index in [-0.39, 0.29) is 16.4 Å². The van der Waals surface area contributed by atoms with Crippen LogP contribution in [-0.4, -0.2) is 44.2 Å². The minimum atomic E-state index is -3.84. The lowest BCUT2D eigenvalue weighted by molar-refractivity contribution is 0.561. The Morgan fingerprint density at radius 2 is 1.88 bits per heavy atom. The second kappa shape index (κ2) is 5.98. The summed E-state index contributed by atoms with van der Waals surface area (Å²) in [5.74, 6) is -0.140. The molecule has 130 valence electrons. The Labute approximate surface area is 141 Å². The fourth-order valence-corrected chi connectivity index (χ4v) is 6.45. The molecule has 0 amide bonds. The van der Waals surface area contributed by atoms with Crippen LogP contribution < -0.4 is 4.72 Å². The third-order valence-electron chi connectivity index (χ3n) is 4.05. The molecule has 1 aromatic carbocycles. The van der Waals surface area contributed by atoms with Crippen LogP contribution in [-0.2, 0) is 19.9 Å². The Bertz CT molecular complexity index is 964. The van der Waals surface area contributed by atoms with Crippen molar-refractivity contribution in [3.63, 3.8) is 0 Å². The fourth-order valence-electron chi connectivity index (χ4n) is 3.00. The minimum absolute atomic E-state index is 0.0153. The van der Waals surface area contributed by atoms with E-state index in [1.54, 1.807) is 18.5 Å². The molecule has 24 heavy (non-hydrogen) atoms. The molecule has 0 spiro atoms. The molecule has 2 aromatic rings. The van der Waals surface area contributed by atoms with Gasteiger partial charge in [0.1, 0.15) is 4.90 Å². The van der Waals surface area contributed by atoms with Crippen molar-refractivity contribution in [2.75, 3.05) is 11.5 Å². The zero-order valence-electron chi connectivity index (χ0n) is 13.4. The maximum Gasteiger partial charge on any atom is 0.244 e. The van der Waals surface area contributed by atoms with Crippen LogP contribution in [0.4, 0.5) is 0 Å². The summed E-state index contributed by atoms with van der Waals surface area (Å²) in [6, 6.07) is 8.66. The van der Waals surface area contributed by atoms with Crippen LogP contribution in [0.2, 0.25) is 0 Å². The van der Waals surface area contributed by atoms with Crippen LogP contribution in [0.15, 0.2) is 35.2 Å². The van der Waals surface area contributed by atoms with Crippen LogP contribution >= 0.6 is 0 Å². The molecular formula is C15H19N3O4S2. The molecule has 1 aliphatic rings. The number of sulfone groups is 1. The quantitative estimate of drug-likeness (QED) is 0.865. The normalized spacial score (nSPS) is 20.3. The Kier molecular flexibility index (Phi) is 4.27. The highest BCUT2D eigenvalue weighted by Gasteiger charge is 2.33. The van der Waals surface area contributed by atoms with Crippen LogP contribution in [0, 0.1) is 13.8 Å². The molecule has 0 aliphatic carbocycles. The van der Waals surface area contributed by atoms with Crippen molar-refractivity contribution < 1.29 is 16.8 Å². The van der Waals surface area contributed by atoms with E-state index in [0.29, 0.717) is 17.8 Å². The predicted octanol–water partition coefficient (Wildman–Crippen LogP) is 0.955. The molecule has 0 bridgehead atoms. The molecule has 1 aromatic heterocycles. The molecule has 1 saturated heterocycles. The van der Waals surface area contributed by atoms with E-state index < -0.39 is 25.9 Å². The van der Waals surface area contributed by atoms with Gasteiger partial charge in [0.2, 0.25) is 10.0 Å². The summed E-state index contributed by atoms with van der Waals surface area (Å²) in [7, 11) is -7.00. The van der Waals surface area contributed by atoms with E-state index in [1.807, 2.05) is 30.3 Å². The number of aryl methyl sites for hydroxylation is 1. The largest absolute Gasteiger partial charge is 0.244 e. The van der Waals surface area contributed by atoms with Crippen LogP contribution in [0.5, 0.6) is 0 Å². The Balaban J connectivity index is 1.96. The zero-order valence-corrected chi connectivity index (χ0v) is 15.1. The molecule has 1 N–H and O–H groups in total. The van der Waals surface area contributed by atoms with Crippen LogP contribution in [0.1, 0.15) is 17.8 Å². The molecule has 3 rings (SSSR count). The number of nitrogens with one attached hydrogen (secondary N) is 1. The van der Waals surface area contributed by atoms with E-state index >= 15 is 0 Å². The van der Waals surface area contributed by atoms with Gasteiger partial charge in [-0.1, -0.05) is 18.2 Å². The van der Waals surface area contributed by atoms with Crippen molar-refractivity contribution in [2.45, 2.75) is 31.2 Å². The van der Waals surface area contributed by atoms with Gasteiger partial charge in [-0.2, -0.15) is 5.10 Å². The van der Waals surface area contributed by atoms with Crippen molar-refractivity contribution in [3.05, 3.63) is 41.7 Å². The molecule has 1 aliphatic heterocycles. The van der Waals surface area contributed by atoms with Crippen LogP contribution in [0.25, 0.3) is 5.69 Å². The van der Waals surface area contributed by atoms with Crippen molar-refractivity contribution in [1.82, 2.24) is 14.5 Å². The third kappa shape index (κ3) is 3.24. The number of sulfonamides is 1. The topological polar surface area (TPSA) is 98.1 Å². The summed E-state index contributed by atoms with van der Waals surface area (Å²) in [6.07, 6.45) is 0.298. The molecule has 0 radical (unpaired) electrons. The van der Waals surface area contributed by atoms with Gasteiger partial charge in [0, 0.05) is 6.04 Å². The van der Waals surface area contributed by atoms with Crippen LogP contribution in [0.3, 0.4) is 0 Å². The van der Waals surface area contributed by atoms with Crippen molar-refractivity contribution in [3.8, 4) is 5.69 Å². The standard InChI is InChI=1S/C15H19N3O4S2/c1-11-15(12(2)18(16-11)14-6-4-3-5-7-14)24(21,22)17-13-8-9-23(19,20)10-13/h3-7,13,17H,8-10H2,1-2H3. The number of benzene rings is 1. The summed E-state index contributed by atoms with van der Waals surface area (Å²) in [4.78, 5) is 0.107. The molecule has 1 fully saturated rings. The number of rotatable bonds is 4. The average Bonchev–Trinajstić information content (AvgIpc) is 2.98. The molecule has 1 unspecified atom stereocenters. The molecule has 7 nitrogen and oxygen atoms in total. The van der Waals surface area contributed by atoms with Gasteiger partial charge in [-0.05, 0) is 32.4 Å². The zero-order chi connectivity index (χ0) is 17.5. The molecule has 0 saturated carbocycles. The molecule has 2 heterocycles. The smallest absolute Gasteiger partial charge is 0.236 e. The van der Waals surface area contributed by atoms with Gasteiger partial charge in [0.15, 0.2) is 9.84 Å². The highest BCUT2D eigenvalue weighted by Crippen LogP contribution is 2.24. The monoisotopic (exact) mass is 369 g/mol. The first-order valence-electron chi connectivity index (χ1n) is 7.54. The highest BCUT2D eigenvalue weighted by molar-refractivity contribution is 7.92. The lowest BCUT2D eigenvalue weighted by Crippen LogP contribution is -2.36. The number of para-hydroxylation sites is 1. The van der Waals surface area contributed by atoms with E-state index in [2.05, 4.69) is 9.82 Å². The first-order chi connectivity index (χ1) is 11.2. The highest BCUT2D eigenvalue weighted by atomic mass is 32.2. The summed E-state index contributed by atoms with van der Waals surface area (Å²) < 4.78 is 52.6. The first kappa shape index (κ1) is 17.1. The Hall–Kier alpha value is -1.71. The molecule has 1 atom stereocenters. The second-order valence-corrected chi connectivity index (χ2v) is 9.85. The van der Waals surface area contributed by atoms with E-state index in [4.69, 9.17) is 0 Å². The second-order valence-electron chi connectivity index (χ2n) is 5.97. The van der Waals surface area contributed by atoms with Gasteiger partial charge in [0.05, 0.1) is 28.6 Å². The van der Waals surface area contributed by atoms with E-state index in [0.717, 1.165) is 5.69 Å². The van der Waals surface area contributed by atoms with E-state index in [9.17, 15) is 16.8 Å². The summed E-state index contributed by atoms with van der Waals surface area (Å²) in [6.45, 7) is 3.32. The number of aromatic nitrogens is 2. The lowest BCUT2D eigenvalue weighted by Gasteiger charge is -2.12. The van der Waals surface area contributed by atoms with Gasteiger partial charge < -0.3 is 0 Å². The predicted molar refractivity (Wildman–Crippen MR) is 90.4 cm³/mol. The minimum Gasteiger partial charge on any atom is -0.236 e. The SMILES string of the molecule is Cc1nn(-c2ccccc2)c(C)c1S(=O)(=O)NC1CCS(=O)(=O)C1. The van der Waals surface area contributed by atoms with Crippen molar-refractivity contribution in [1.29, 1.82) is 0 Å². The number of nitrogens with zero attached hydrogens (tertiary/aromatic N) is 2. The number of hydrogen-bond acceptors (Lipinski definition) is 5. The lowest BCUT2D eigenvalue weighted by atomic mass is 10.3. The summed E-state index contributed by atoms with van der Waals surface area (Å²) in [5, 5.41) is 4.33. The summed E-state index contributed by atoms with van der Waals surface area (Å²) in [5.41, 5.74) is 1.64. The molecular weight excluding hydrogens is 350 g/mol.